The molecule has 0 spiro atoms. The highest BCUT2D eigenvalue weighted by molar-refractivity contribution is 8.13. The van der Waals surface area contributed by atoms with Gasteiger partial charge in [0.1, 0.15) is 6.04 Å². The van der Waals surface area contributed by atoms with Crippen molar-refractivity contribution in [2.45, 2.75) is 24.9 Å². The molecule has 104 valence electrons. The Bertz CT molecular complexity index is 324. The van der Waals surface area contributed by atoms with Gasteiger partial charge in [0, 0.05) is 18.7 Å². The molecule has 0 bridgehead atoms. The predicted molar refractivity (Wildman–Crippen MR) is 68.1 cm³/mol. The summed E-state index contributed by atoms with van der Waals surface area (Å²) in [6.07, 6.45) is 0.984. The fourth-order valence-electron chi connectivity index (χ4n) is 0.943. The van der Waals surface area contributed by atoms with Gasteiger partial charge >= 0.3 is 11.9 Å². The quantitative estimate of drug-likeness (QED) is 0.193. The second kappa shape index (κ2) is 8.72. The van der Waals surface area contributed by atoms with Crippen LogP contribution in [0.25, 0.3) is 0 Å². The third kappa shape index (κ3) is 7.87. The van der Waals surface area contributed by atoms with Gasteiger partial charge in [-0.3, -0.25) is 9.79 Å². The van der Waals surface area contributed by atoms with Crippen molar-refractivity contribution in [1.29, 1.82) is 0 Å². The van der Waals surface area contributed by atoms with Crippen LogP contribution in [0.3, 0.4) is 0 Å². The number of aliphatic imine (C=N–C) groups is 1. The molecule has 0 amide bonds. The number of carboxylic acid groups (broad SMARTS) is 2. The number of carbonyl (C=O) groups is 2. The van der Waals surface area contributed by atoms with Crippen molar-refractivity contribution in [2.24, 2.45) is 16.5 Å². The molecule has 0 radical (unpaired) electrons. The third-order valence-corrected chi connectivity index (χ3v) is 3.01. The smallest absolute Gasteiger partial charge is 0.362 e. The average Bonchev–Trinajstić information content (AvgIpc) is 2.30. The van der Waals surface area contributed by atoms with Crippen molar-refractivity contribution >= 4 is 28.9 Å². The molecule has 0 aliphatic heterocycles. The number of carboxylic acids is 2. The first kappa shape index (κ1) is 16.7. The Hall–Kier alpha value is -1.32. The highest BCUT2D eigenvalue weighted by atomic mass is 32.2. The zero-order valence-corrected chi connectivity index (χ0v) is 10.7. The van der Waals surface area contributed by atoms with E-state index in [2.05, 4.69) is 10.7 Å². The van der Waals surface area contributed by atoms with Crippen LogP contribution in [0.4, 0.5) is 0 Å². The van der Waals surface area contributed by atoms with E-state index >= 15 is 0 Å². The monoisotopic (exact) mass is 279 g/mol. The molecule has 0 saturated heterocycles. The highest BCUT2D eigenvalue weighted by Gasteiger charge is 2.14. The van der Waals surface area contributed by atoms with E-state index in [9.17, 15) is 9.59 Å². The number of rotatable bonds is 8. The predicted octanol–water partition coefficient (Wildman–Crippen LogP) is -2.08. The molecule has 0 aromatic carbocycles. The number of amidine groups is 1. The van der Waals surface area contributed by atoms with Crippen LogP contribution in [0, 0.1) is 0 Å². The first-order chi connectivity index (χ1) is 8.34. The van der Waals surface area contributed by atoms with Crippen LogP contribution in [0.2, 0.25) is 0 Å². The van der Waals surface area contributed by atoms with E-state index in [0.717, 1.165) is 11.8 Å². The average molecular weight is 279 g/mol. The van der Waals surface area contributed by atoms with E-state index in [1.54, 1.807) is 0 Å². The molecular formula is C9H19N4O4S+. The Morgan fingerprint density at radius 2 is 1.94 bits per heavy atom. The number of aliphatic carboxylic acids is 2. The Labute approximate surface area is 109 Å². The van der Waals surface area contributed by atoms with Crippen molar-refractivity contribution in [3.8, 4) is 0 Å². The van der Waals surface area contributed by atoms with Crippen molar-refractivity contribution < 1.29 is 25.5 Å². The summed E-state index contributed by atoms with van der Waals surface area (Å²) in [5.41, 5.74) is 14.3. The van der Waals surface area contributed by atoms with Gasteiger partial charge in [0.15, 0.2) is 11.2 Å². The summed E-state index contributed by atoms with van der Waals surface area (Å²) in [7, 11) is 0. The van der Waals surface area contributed by atoms with Gasteiger partial charge in [0.25, 0.3) is 0 Å². The van der Waals surface area contributed by atoms with Gasteiger partial charge in [0.05, 0.1) is 0 Å². The van der Waals surface area contributed by atoms with Gasteiger partial charge in [-0.1, -0.05) is 11.8 Å². The maximum atomic E-state index is 10.5. The number of hydrogen-bond acceptors (Lipinski definition) is 5. The van der Waals surface area contributed by atoms with Crippen molar-refractivity contribution in [2.75, 3.05) is 12.3 Å². The van der Waals surface area contributed by atoms with E-state index in [-0.39, 0.29) is 10.9 Å². The lowest BCUT2D eigenvalue weighted by molar-refractivity contribution is -0.409. The minimum Gasteiger partial charge on any atom is -0.480 e. The maximum absolute atomic E-state index is 10.5. The summed E-state index contributed by atoms with van der Waals surface area (Å²) in [4.78, 5) is 24.9. The molecule has 9 N–H and O–H groups in total. The minimum atomic E-state index is -1.09. The molecule has 0 aromatic heterocycles. The summed E-state index contributed by atoms with van der Waals surface area (Å²) in [5, 5.41) is 17.4. The molecule has 8 nitrogen and oxygen atoms in total. The SMILES string of the molecule is NC(=NCCC[C@H]([NH3+])C(=O)O)SC[C@H](N)C(=O)O. The zero-order chi connectivity index (χ0) is 14.1. The molecule has 0 fully saturated rings. The van der Waals surface area contributed by atoms with Crippen LogP contribution in [-0.2, 0) is 9.59 Å². The van der Waals surface area contributed by atoms with E-state index in [1.807, 2.05) is 0 Å². The van der Waals surface area contributed by atoms with E-state index in [4.69, 9.17) is 21.7 Å². The fourth-order valence-corrected chi connectivity index (χ4v) is 1.62. The molecule has 2 atom stereocenters. The number of hydrogen-bond donors (Lipinski definition) is 5. The zero-order valence-electron chi connectivity index (χ0n) is 9.91. The lowest BCUT2D eigenvalue weighted by atomic mass is 10.2. The van der Waals surface area contributed by atoms with Gasteiger partial charge < -0.3 is 27.4 Å². The summed E-state index contributed by atoms with van der Waals surface area (Å²) in [6.45, 7) is 0.389. The molecule has 0 heterocycles. The molecule has 0 aliphatic rings. The molecular weight excluding hydrogens is 260 g/mol. The van der Waals surface area contributed by atoms with Crippen molar-refractivity contribution in [3.05, 3.63) is 0 Å². The van der Waals surface area contributed by atoms with E-state index in [1.165, 1.54) is 0 Å². The van der Waals surface area contributed by atoms with Gasteiger partial charge in [0.2, 0.25) is 0 Å². The number of quaternary nitrogens is 1. The van der Waals surface area contributed by atoms with Gasteiger partial charge in [-0.25, -0.2) is 4.79 Å². The largest absolute Gasteiger partial charge is 0.480 e. The molecule has 0 saturated carbocycles. The maximum Gasteiger partial charge on any atom is 0.362 e. The lowest BCUT2D eigenvalue weighted by Gasteiger charge is -2.05. The van der Waals surface area contributed by atoms with Gasteiger partial charge in [-0.05, 0) is 6.42 Å². The first-order valence-electron chi connectivity index (χ1n) is 5.31. The van der Waals surface area contributed by atoms with Gasteiger partial charge in [-0.2, -0.15) is 0 Å². The van der Waals surface area contributed by atoms with Crippen LogP contribution in [0.1, 0.15) is 12.8 Å². The van der Waals surface area contributed by atoms with Crippen LogP contribution in [-0.4, -0.2) is 51.7 Å². The Morgan fingerprint density at radius 1 is 1.33 bits per heavy atom. The number of nitrogens with two attached hydrogens (primary N) is 2. The third-order valence-electron chi connectivity index (χ3n) is 2.06. The first-order valence-corrected chi connectivity index (χ1v) is 6.30. The molecule has 18 heavy (non-hydrogen) atoms. The van der Waals surface area contributed by atoms with Crippen LogP contribution in [0.15, 0.2) is 4.99 Å². The minimum absolute atomic E-state index is 0.151. The van der Waals surface area contributed by atoms with Crippen LogP contribution < -0.4 is 17.2 Å². The van der Waals surface area contributed by atoms with Crippen LogP contribution >= 0.6 is 11.8 Å². The Balaban J connectivity index is 3.78. The normalized spacial score (nSPS) is 15.1. The Kier molecular flexibility index (Phi) is 8.08. The van der Waals surface area contributed by atoms with E-state index in [0.29, 0.717) is 19.4 Å². The lowest BCUT2D eigenvalue weighted by Crippen LogP contribution is -2.64. The second-order valence-corrected chi connectivity index (χ2v) is 4.69. The molecule has 0 unspecified atom stereocenters. The molecule has 0 aliphatic carbocycles. The summed E-state index contributed by atoms with van der Waals surface area (Å²) in [5.74, 6) is -1.87. The standard InChI is InChI=1S/C9H18N4O4S/c10-5(7(14)15)2-1-3-13-9(12)18-4-6(11)8(16)17/h5-6H,1-4,10-11H2,(H2,12,13)(H,14,15)(H,16,17)/p+1/t5-,6-/m0/s1. The summed E-state index contributed by atoms with van der Waals surface area (Å²) in [6, 6.07) is -1.62. The number of thioether (sulfide) groups is 1. The summed E-state index contributed by atoms with van der Waals surface area (Å²) >= 11 is 1.07. The second-order valence-electron chi connectivity index (χ2n) is 3.65. The number of nitrogens with zero attached hydrogens (tertiary/aromatic N) is 1. The molecule has 0 rings (SSSR count). The van der Waals surface area contributed by atoms with Gasteiger partial charge in [-0.15, -0.1) is 0 Å². The van der Waals surface area contributed by atoms with Crippen LogP contribution in [0.5, 0.6) is 0 Å². The topological polar surface area (TPSA) is 167 Å². The highest BCUT2D eigenvalue weighted by Crippen LogP contribution is 2.03. The van der Waals surface area contributed by atoms with Crippen molar-refractivity contribution in [1.82, 2.24) is 0 Å². The molecule has 0 aromatic rings. The Morgan fingerprint density at radius 3 is 2.44 bits per heavy atom. The van der Waals surface area contributed by atoms with Crippen molar-refractivity contribution in [3.63, 3.8) is 0 Å². The fraction of sp³-hybridized carbons (Fsp3) is 0.667. The van der Waals surface area contributed by atoms with E-state index < -0.39 is 24.0 Å². The molecule has 9 heteroatoms. The summed E-state index contributed by atoms with van der Waals surface area (Å²) < 4.78 is 0.